The molecule has 0 aromatic heterocycles. The molecule has 142 valence electrons. The Morgan fingerprint density at radius 2 is 1.88 bits per heavy atom. The highest BCUT2D eigenvalue weighted by atomic mass is 16.2. The Morgan fingerprint density at radius 3 is 2.58 bits per heavy atom. The molecule has 1 atom stereocenters. The Bertz CT molecular complexity index is 591. The number of carbonyl (C=O) groups excluding carboxylic acids is 1. The molecule has 26 heavy (non-hydrogen) atoms. The van der Waals surface area contributed by atoms with E-state index < -0.39 is 0 Å². The summed E-state index contributed by atoms with van der Waals surface area (Å²) in [5.41, 5.74) is 2.89. The van der Waals surface area contributed by atoms with Crippen molar-refractivity contribution in [2.75, 3.05) is 32.7 Å². The van der Waals surface area contributed by atoms with Crippen LogP contribution in [-0.2, 0) is 11.3 Å². The van der Waals surface area contributed by atoms with Crippen molar-refractivity contribution in [1.29, 1.82) is 0 Å². The largest absolute Gasteiger partial charge is 0.354 e. The third-order valence-corrected chi connectivity index (χ3v) is 5.71. The monoisotopic (exact) mass is 355 g/mol. The van der Waals surface area contributed by atoms with Gasteiger partial charge in [0, 0.05) is 39.3 Å². The van der Waals surface area contributed by atoms with Gasteiger partial charge in [0.05, 0.1) is 6.04 Å². The molecule has 1 amide bonds. The van der Waals surface area contributed by atoms with Gasteiger partial charge in [0.15, 0.2) is 0 Å². The van der Waals surface area contributed by atoms with Gasteiger partial charge in [-0.25, -0.2) is 0 Å². The fraction of sp³-hybridized carbons (Fsp3) is 0.591. The molecule has 4 heteroatoms. The Morgan fingerprint density at radius 1 is 1.12 bits per heavy atom. The number of hydrogen-bond acceptors (Lipinski definition) is 3. The fourth-order valence-electron chi connectivity index (χ4n) is 3.94. The predicted octanol–water partition coefficient (Wildman–Crippen LogP) is 3.20. The van der Waals surface area contributed by atoms with Gasteiger partial charge in [-0.1, -0.05) is 42.0 Å². The summed E-state index contributed by atoms with van der Waals surface area (Å²) in [7, 11) is 0. The molecule has 1 aliphatic heterocycles. The van der Waals surface area contributed by atoms with Gasteiger partial charge in [-0.15, -0.1) is 0 Å². The molecule has 1 aromatic rings. The van der Waals surface area contributed by atoms with Crippen molar-refractivity contribution in [2.45, 2.75) is 51.6 Å². The predicted molar refractivity (Wildman–Crippen MR) is 107 cm³/mol. The van der Waals surface area contributed by atoms with E-state index in [4.69, 9.17) is 0 Å². The number of benzene rings is 1. The first-order valence-corrected chi connectivity index (χ1v) is 10.2. The molecule has 4 nitrogen and oxygen atoms in total. The first-order valence-electron chi connectivity index (χ1n) is 10.2. The molecule has 0 radical (unpaired) electrons. The molecule has 0 saturated carbocycles. The molecule has 1 aliphatic carbocycles. The van der Waals surface area contributed by atoms with Crippen LogP contribution in [0.15, 0.2) is 42.0 Å². The number of rotatable bonds is 7. The summed E-state index contributed by atoms with van der Waals surface area (Å²) >= 11 is 0. The Kier molecular flexibility index (Phi) is 7.27. The maximum Gasteiger partial charge on any atom is 0.237 e. The zero-order valence-corrected chi connectivity index (χ0v) is 16.1. The summed E-state index contributed by atoms with van der Waals surface area (Å²) in [4.78, 5) is 17.3. The molecule has 3 rings (SSSR count). The van der Waals surface area contributed by atoms with Crippen molar-refractivity contribution in [3.8, 4) is 0 Å². The van der Waals surface area contributed by atoms with Crippen LogP contribution in [0.25, 0.3) is 0 Å². The van der Waals surface area contributed by atoms with Crippen LogP contribution in [0.4, 0.5) is 0 Å². The summed E-state index contributed by atoms with van der Waals surface area (Å²) in [5.74, 6) is 0.179. The van der Waals surface area contributed by atoms with E-state index in [9.17, 15) is 4.79 Å². The average Bonchev–Trinajstić information content (AvgIpc) is 2.69. The number of carbonyl (C=O) groups is 1. The maximum absolute atomic E-state index is 12.5. The minimum absolute atomic E-state index is 0.0331. The number of allylic oxidation sites excluding steroid dienone is 1. The van der Waals surface area contributed by atoms with Crippen molar-refractivity contribution in [3.63, 3.8) is 0 Å². The standard InChI is InChI=1S/C22H33N3O/c1-19(22(26)23-13-12-20-8-4-2-5-9-20)25-16-14-24(15-17-25)18-21-10-6-3-7-11-21/h3,6-8,10-11,19H,2,4-5,9,12-18H2,1H3,(H,23,26). The van der Waals surface area contributed by atoms with Gasteiger partial charge >= 0.3 is 0 Å². The van der Waals surface area contributed by atoms with Crippen LogP contribution in [-0.4, -0.2) is 54.5 Å². The second-order valence-electron chi connectivity index (χ2n) is 7.62. The van der Waals surface area contributed by atoms with Gasteiger partial charge in [-0.05, 0) is 44.6 Å². The van der Waals surface area contributed by atoms with Crippen molar-refractivity contribution in [1.82, 2.24) is 15.1 Å². The Balaban J connectivity index is 1.36. The molecule has 1 fully saturated rings. The summed E-state index contributed by atoms with van der Waals surface area (Å²) in [5, 5.41) is 3.14. The second-order valence-corrected chi connectivity index (χ2v) is 7.62. The molecule has 1 heterocycles. The van der Waals surface area contributed by atoms with Crippen molar-refractivity contribution < 1.29 is 4.79 Å². The molecule has 1 aromatic carbocycles. The van der Waals surface area contributed by atoms with Crippen molar-refractivity contribution in [3.05, 3.63) is 47.5 Å². The molecule has 1 N–H and O–H groups in total. The van der Waals surface area contributed by atoms with Crippen molar-refractivity contribution in [2.24, 2.45) is 0 Å². The number of hydrogen-bond donors (Lipinski definition) is 1. The van der Waals surface area contributed by atoms with Crippen LogP contribution in [0.3, 0.4) is 0 Å². The van der Waals surface area contributed by atoms with E-state index in [0.29, 0.717) is 0 Å². The van der Waals surface area contributed by atoms with Gasteiger partial charge in [0.25, 0.3) is 0 Å². The summed E-state index contributed by atoms with van der Waals surface area (Å²) in [6, 6.07) is 10.6. The Hall–Kier alpha value is -1.65. The van der Waals surface area contributed by atoms with Crippen LogP contribution in [0.2, 0.25) is 0 Å². The SMILES string of the molecule is CC(C(=O)NCCC1=CCCCC1)N1CCN(Cc2ccccc2)CC1. The fourth-order valence-corrected chi connectivity index (χ4v) is 3.94. The minimum Gasteiger partial charge on any atom is -0.354 e. The van der Waals surface area contributed by atoms with E-state index >= 15 is 0 Å². The van der Waals surface area contributed by atoms with Gasteiger partial charge in [-0.3, -0.25) is 14.6 Å². The minimum atomic E-state index is -0.0331. The highest BCUT2D eigenvalue weighted by Crippen LogP contribution is 2.19. The van der Waals surface area contributed by atoms with E-state index in [1.807, 2.05) is 6.92 Å². The van der Waals surface area contributed by atoms with E-state index in [2.05, 4.69) is 51.5 Å². The van der Waals surface area contributed by atoms with E-state index in [0.717, 1.165) is 45.7 Å². The lowest BCUT2D eigenvalue weighted by Crippen LogP contribution is -2.53. The molecule has 1 unspecified atom stereocenters. The first kappa shape index (κ1) is 19.1. The first-order chi connectivity index (χ1) is 12.7. The van der Waals surface area contributed by atoms with Crippen LogP contribution >= 0.6 is 0 Å². The van der Waals surface area contributed by atoms with Crippen LogP contribution in [0.5, 0.6) is 0 Å². The third-order valence-electron chi connectivity index (χ3n) is 5.71. The van der Waals surface area contributed by atoms with Gasteiger partial charge in [0.2, 0.25) is 5.91 Å². The second kappa shape index (κ2) is 9.89. The van der Waals surface area contributed by atoms with E-state index in [1.165, 1.54) is 36.8 Å². The molecule has 0 bridgehead atoms. The summed E-state index contributed by atoms with van der Waals surface area (Å²) in [6.45, 7) is 7.81. The summed E-state index contributed by atoms with van der Waals surface area (Å²) < 4.78 is 0. The maximum atomic E-state index is 12.5. The van der Waals surface area contributed by atoms with Gasteiger partial charge in [-0.2, -0.15) is 0 Å². The molecular formula is C22H33N3O. The lowest BCUT2D eigenvalue weighted by molar-refractivity contribution is -0.126. The molecular weight excluding hydrogens is 322 g/mol. The van der Waals surface area contributed by atoms with Crippen LogP contribution in [0.1, 0.15) is 44.6 Å². The van der Waals surface area contributed by atoms with E-state index in [-0.39, 0.29) is 11.9 Å². The highest BCUT2D eigenvalue weighted by molar-refractivity contribution is 5.81. The van der Waals surface area contributed by atoms with Crippen LogP contribution in [0, 0.1) is 0 Å². The normalized spacial score (nSPS) is 20.4. The van der Waals surface area contributed by atoms with Crippen LogP contribution < -0.4 is 5.32 Å². The number of piperazine rings is 1. The van der Waals surface area contributed by atoms with Gasteiger partial charge < -0.3 is 5.32 Å². The topological polar surface area (TPSA) is 35.6 Å². The molecule has 0 spiro atoms. The number of nitrogens with zero attached hydrogens (tertiary/aromatic N) is 2. The summed E-state index contributed by atoms with van der Waals surface area (Å²) in [6.07, 6.45) is 8.45. The lowest BCUT2D eigenvalue weighted by Gasteiger charge is -2.37. The lowest BCUT2D eigenvalue weighted by atomic mass is 9.97. The third kappa shape index (κ3) is 5.68. The quantitative estimate of drug-likeness (QED) is 0.763. The number of amides is 1. The van der Waals surface area contributed by atoms with Crippen molar-refractivity contribution >= 4 is 5.91 Å². The van der Waals surface area contributed by atoms with E-state index in [1.54, 1.807) is 0 Å². The van der Waals surface area contributed by atoms with Gasteiger partial charge in [0.1, 0.15) is 0 Å². The number of nitrogens with one attached hydrogen (secondary N) is 1. The highest BCUT2D eigenvalue weighted by Gasteiger charge is 2.25. The molecule has 2 aliphatic rings. The zero-order chi connectivity index (χ0) is 18.2. The zero-order valence-electron chi connectivity index (χ0n) is 16.1. The average molecular weight is 356 g/mol. The Labute approximate surface area is 158 Å². The smallest absolute Gasteiger partial charge is 0.237 e. The molecule has 1 saturated heterocycles.